The predicted octanol–water partition coefficient (Wildman–Crippen LogP) is 3.82. The topological polar surface area (TPSA) is 50.2 Å². The van der Waals surface area contributed by atoms with E-state index in [1.165, 1.54) is 24.4 Å². The summed E-state index contributed by atoms with van der Waals surface area (Å²) >= 11 is 11.8. The lowest BCUT2D eigenvalue weighted by Gasteiger charge is -2.10. The van der Waals surface area contributed by atoms with Crippen LogP contribution in [0.2, 0.25) is 10.0 Å². The molecule has 1 aromatic heterocycles. The van der Waals surface area contributed by atoms with Gasteiger partial charge in [0.25, 0.3) is 0 Å². The molecule has 0 radical (unpaired) electrons. The summed E-state index contributed by atoms with van der Waals surface area (Å²) in [4.78, 5) is 14.3. The van der Waals surface area contributed by atoms with Crippen LogP contribution in [-0.4, -0.2) is 16.1 Å². The Labute approximate surface area is 118 Å². The minimum atomic E-state index is -1.06. The van der Waals surface area contributed by atoms with Crippen molar-refractivity contribution < 1.29 is 14.3 Å². The first kappa shape index (κ1) is 13.8. The molecular formula is C13H8Cl2FNO2. The SMILES string of the molecule is O=C(O)Cc1ccnc(F)c1-c1ccc(Cl)cc1Cl. The van der Waals surface area contributed by atoms with Crippen molar-refractivity contribution in [3.63, 3.8) is 0 Å². The summed E-state index contributed by atoms with van der Waals surface area (Å²) in [5, 5.41) is 9.50. The van der Waals surface area contributed by atoms with Crippen molar-refractivity contribution in [3.05, 3.63) is 52.0 Å². The molecule has 98 valence electrons. The molecular weight excluding hydrogens is 292 g/mol. The standard InChI is InChI=1S/C13H8Cl2FNO2/c14-8-1-2-9(10(15)6-8)12-7(5-11(18)19)3-4-17-13(12)16/h1-4,6H,5H2,(H,18,19). The zero-order valence-corrected chi connectivity index (χ0v) is 11.0. The highest BCUT2D eigenvalue weighted by atomic mass is 35.5. The fourth-order valence-electron chi connectivity index (χ4n) is 1.76. The third-order valence-corrected chi connectivity index (χ3v) is 3.08. The Balaban J connectivity index is 2.63. The van der Waals surface area contributed by atoms with Gasteiger partial charge < -0.3 is 5.11 Å². The highest BCUT2D eigenvalue weighted by molar-refractivity contribution is 6.36. The number of rotatable bonds is 3. The van der Waals surface area contributed by atoms with Crippen LogP contribution >= 0.6 is 23.2 Å². The normalized spacial score (nSPS) is 10.5. The van der Waals surface area contributed by atoms with Gasteiger partial charge in [-0.15, -0.1) is 0 Å². The molecule has 0 atom stereocenters. The molecule has 0 amide bonds. The summed E-state index contributed by atoms with van der Waals surface area (Å²) in [6, 6.07) is 6.02. The van der Waals surface area contributed by atoms with Crippen molar-refractivity contribution in [2.24, 2.45) is 0 Å². The maximum Gasteiger partial charge on any atom is 0.307 e. The maximum absolute atomic E-state index is 13.9. The first-order chi connectivity index (χ1) is 8.99. The maximum atomic E-state index is 13.9. The number of hydrogen-bond donors (Lipinski definition) is 1. The van der Waals surface area contributed by atoms with Crippen molar-refractivity contribution >= 4 is 29.2 Å². The number of pyridine rings is 1. The molecule has 0 aliphatic heterocycles. The zero-order valence-electron chi connectivity index (χ0n) is 9.53. The molecule has 6 heteroatoms. The molecule has 0 spiro atoms. The van der Waals surface area contributed by atoms with Gasteiger partial charge in [0, 0.05) is 22.3 Å². The lowest BCUT2D eigenvalue weighted by Crippen LogP contribution is -2.04. The van der Waals surface area contributed by atoms with Gasteiger partial charge in [-0.05, 0) is 23.8 Å². The molecule has 0 unspecified atom stereocenters. The molecule has 2 aromatic rings. The number of carboxylic acid groups (broad SMARTS) is 1. The number of hydrogen-bond acceptors (Lipinski definition) is 2. The van der Waals surface area contributed by atoms with E-state index in [1.54, 1.807) is 6.07 Å². The number of aromatic nitrogens is 1. The van der Waals surface area contributed by atoms with Gasteiger partial charge >= 0.3 is 5.97 Å². The first-order valence-corrected chi connectivity index (χ1v) is 6.05. The largest absolute Gasteiger partial charge is 0.481 e. The van der Waals surface area contributed by atoms with Gasteiger partial charge in [0.05, 0.1) is 11.4 Å². The molecule has 0 aliphatic rings. The highest BCUT2D eigenvalue weighted by Crippen LogP contribution is 2.33. The van der Waals surface area contributed by atoms with Crippen LogP contribution in [0.4, 0.5) is 4.39 Å². The second kappa shape index (κ2) is 5.55. The van der Waals surface area contributed by atoms with Gasteiger partial charge in [0.1, 0.15) is 0 Å². The quantitative estimate of drug-likeness (QED) is 0.877. The van der Waals surface area contributed by atoms with Gasteiger partial charge in [-0.3, -0.25) is 4.79 Å². The highest BCUT2D eigenvalue weighted by Gasteiger charge is 2.16. The van der Waals surface area contributed by atoms with Crippen molar-refractivity contribution in [2.75, 3.05) is 0 Å². The average molecular weight is 300 g/mol. The molecule has 19 heavy (non-hydrogen) atoms. The van der Waals surface area contributed by atoms with Crippen LogP contribution in [0.1, 0.15) is 5.56 Å². The summed E-state index contributed by atoms with van der Waals surface area (Å²) in [6.07, 6.45) is 0.911. The van der Waals surface area contributed by atoms with Crippen molar-refractivity contribution in [1.29, 1.82) is 0 Å². The summed E-state index contributed by atoms with van der Waals surface area (Å²) in [5.74, 6) is -1.82. The minimum absolute atomic E-state index is 0.0894. The smallest absolute Gasteiger partial charge is 0.307 e. The average Bonchev–Trinajstić information content (AvgIpc) is 2.30. The summed E-state index contributed by atoms with van der Waals surface area (Å²) in [6.45, 7) is 0. The van der Waals surface area contributed by atoms with Gasteiger partial charge in [-0.1, -0.05) is 29.3 Å². The van der Waals surface area contributed by atoms with E-state index in [0.717, 1.165) is 0 Å². The van der Waals surface area contributed by atoms with Gasteiger partial charge in [0.2, 0.25) is 5.95 Å². The van der Waals surface area contributed by atoms with Crippen LogP contribution in [0.5, 0.6) is 0 Å². The van der Waals surface area contributed by atoms with E-state index >= 15 is 0 Å². The summed E-state index contributed by atoms with van der Waals surface area (Å²) < 4.78 is 13.9. The molecule has 2 rings (SSSR count). The van der Waals surface area contributed by atoms with Crippen LogP contribution < -0.4 is 0 Å². The molecule has 0 saturated carbocycles. The first-order valence-electron chi connectivity index (χ1n) is 5.29. The summed E-state index contributed by atoms with van der Waals surface area (Å²) in [7, 11) is 0. The van der Waals surface area contributed by atoms with Gasteiger partial charge in [-0.2, -0.15) is 4.39 Å². The number of benzene rings is 1. The van der Waals surface area contributed by atoms with Crippen LogP contribution in [0.15, 0.2) is 30.5 Å². The number of nitrogens with zero attached hydrogens (tertiary/aromatic N) is 1. The minimum Gasteiger partial charge on any atom is -0.481 e. The molecule has 1 aromatic carbocycles. The molecule has 3 nitrogen and oxygen atoms in total. The molecule has 0 saturated heterocycles. The van der Waals surface area contributed by atoms with Crippen LogP contribution in [0.3, 0.4) is 0 Å². The van der Waals surface area contributed by atoms with Crippen molar-refractivity contribution in [1.82, 2.24) is 4.98 Å². The van der Waals surface area contributed by atoms with E-state index in [0.29, 0.717) is 16.1 Å². The number of halogens is 3. The monoisotopic (exact) mass is 299 g/mol. The van der Waals surface area contributed by atoms with E-state index in [1.807, 2.05) is 0 Å². The van der Waals surface area contributed by atoms with E-state index in [2.05, 4.69) is 4.98 Å². The Kier molecular flexibility index (Phi) is 4.02. The van der Waals surface area contributed by atoms with E-state index < -0.39 is 11.9 Å². The zero-order chi connectivity index (χ0) is 14.0. The third-order valence-electron chi connectivity index (χ3n) is 2.53. The van der Waals surface area contributed by atoms with Gasteiger partial charge in [0.15, 0.2) is 0 Å². The van der Waals surface area contributed by atoms with E-state index in [4.69, 9.17) is 28.3 Å². The second-order valence-corrected chi connectivity index (χ2v) is 4.67. The van der Waals surface area contributed by atoms with Crippen LogP contribution in [0.25, 0.3) is 11.1 Å². The molecule has 1 heterocycles. The van der Waals surface area contributed by atoms with Gasteiger partial charge in [-0.25, -0.2) is 4.98 Å². The number of carbonyl (C=O) groups is 1. The van der Waals surface area contributed by atoms with E-state index in [9.17, 15) is 9.18 Å². The summed E-state index contributed by atoms with van der Waals surface area (Å²) in [5.41, 5.74) is 0.767. The molecule has 0 fully saturated rings. The Morgan fingerprint density at radius 1 is 1.32 bits per heavy atom. The van der Waals surface area contributed by atoms with Crippen LogP contribution in [-0.2, 0) is 11.2 Å². The molecule has 1 N–H and O–H groups in total. The number of aliphatic carboxylic acids is 1. The molecule has 0 aliphatic carbocycles. The van der Waals surface area contributed by atoms with E-state index in [-0.39, 0.29) is 17.0 Å². The third kappa shape index (κ3) is 3.03. The Hall–Kier alpha value is -1.65. The second-order valence-electron chi connectivity index (χ2n) is 3.83. The lowest BCUT2D eigenvalue weighted by molar-refractivity contribution is -0.136. The Bertz CT molecular complexity index is 647. The Morgan fingerprint density at radius 2 is 2.05 bits per heavy atom. The predicted molar refractivity (Wildman–Crippen MR) is 71.0 cm³/mol. The van der Waals surface area contributed by atoms with Crippen molar-refractivity contribution in [3.8, 4) is 11.1 Å². The van der Waals surface area contributed by atoms with Crippen molar-refractivity contribution in [2.45, 2.75) is 6.42 Å². The molecule has 0 bridgehead atoms. The fraction of sp³-hybridized carbons (Fsp3) is 0.0769. The fourth-order valence-corrected chi connectivity index (χ4v) is 2.26. The lowest BCUT2D eigenvalue weighted by atomic mass is 9.99. The Morgan fingerprint density at radius 3 is 2.68 bits per heavy atom. The van der Waals surface area contributed by atoms with Crippen LogP contribution in [0, 0.1) is 5.95 Å². The number of carboxylic acids is 1.